The highest BCUT2D eigenvalue weighted by Gasteiger charge is 2.22. The molecule has 0 radical (unpaired) electrons. The maximum atomic E-state index is 11.0. The average molecular weight is 210 g/mol. The van der Waals surface area contributed by atoms with Crippen LogP contribution in [0.2, 0.25) is 0 Å². The lowest BCUT2D eigenvalue weighted by molar-refractivity contribution is -0.385. The molecule has 0 fully saturated rings. The second-order valence-corrected chi connectivity index (χ2v) is 2.99. The van der Waals surface area contributed by atoms with E-state index in [1.54, 1.807) is 6.92 Å². The molecule has 1 amide bonds. The molecule has 1 aromatic rings. The van der Waals surface area contributed by atoms with Crippen LogP contribution in [0.15, 0.2) is 12.1 Å². The quantitative estimate of drug-likeness (QED) is 0.594. The fourth-order valence-corrected chi connectivity index (χ4v) is 1.29. The van der Waals surface area contributed by atoms with Gasteiger partial charge >= 0.3 is 5.69 Å². The van der Waals surface area contributed by atoms with Crippen molar-refractivity contribution in [3.63, 3.8) is 0 Å². The maximum absolute atomic E-state index is 11.0. The highest BCUT2D eigenvalue weighted by molar-refractivity contribution is 5.97. The largest absolute Gasteiger partial charge is 0.490 e. The van der Waals surface area contributed by atoms with Crippen molar-refractivity contribution in [2.45, 2.75) is 6.92 Å². The van der Waals surface area contributed by atoms with Gasteiger partial charge in [-0.2, -0.15) is 0 Å². The van der Waals surface area contributed by atoms with Crippen molar-refractivity contribution in [3.8, 4) is 5.75 Å². The van der Waals surface area contributed by atoms with Crippen LogP contribution in [0.4, 0.5) is 5.69 Å². The van der Waals surface area contributed by atoms with Gasteiger partial charge in [0.2, 0.25) is 5.75 Å². The number of nitro benzene ring substituents is 1. The summed E-state index contributed by atoms with van der Waals surface area (Å²) < 4.78 is 4.81. The fourth-order valence-electron chi connectivity index (χ4n) is 1.29. The lowest BCUT2D eigenvalue weighted by Crippen LogP contribution is -2.13. The van der Waals surface area contributed by atoms with Crippen molar-refractivity contribution >= 4 is 11.6 Å². The number of nitro groups is 1. The molecule has 0 unspecified atom stereocenters. The predicted octanol–water partition coefficient (Wildman–Crippen LogP) is 1.01. The Morgan fingerprint density at radius 2 is 2.13 bits per heavy atom. The normalized spacial score (nSPS) is 9.73. The molecule has 0 spiro atoms. The van der Waals surface area contributed by atoms with Gasteiger partial charge in [0.1, 0.15) is 0 Å². The number of carbonyl (C=O) groups is 1. The molecule has 0 saturated carbocycles. The number of rotatable bonds is 3. The summed E-state index contributed by atoms with van der Waals surface area (Å²) in [5.41, 5.74) is 5.43. The van der Waals surface area contributed by atoms with Crippen molar-refractivity contribution in [3.05, 3.63) is 33.4 Å². The van der Waals surface area contributed by atoms with Gasteiger partial charge in [-0.1, -0.05) is 0 Å². The zero-order valence-corrected chi connectivity index (χ0v) is 8.31. The van der Waals surface area contributed by atoms with Crippen molar-refractivity contribution < 1.29 is 14.5 Å². The molecular formula is C9H10N2O4. The number of amides is 1. The third kappa shape index (κ3) is 2.04. The van der Waals surface area contributed by atoms with E-state index in [0.29, 0.717) is 5.56 Å². The monoisotopic (exact) mass is 210 g/mol. The lowest BCUT2D eigenvalue weighted by Gasteiger charge is -2.06. The molecule has 0 atom stereocenters. The minimum atomic E-state index is -0.751. The van der Waals surface area contributed by atoms with Crippen LogP contribution in [0.1, 0.15) is 15.9 Å². The van der Waals surface area contributed by atoms with Crippen LogP contribution >= 0.6 is 0 Å². The summed E-state index contributed by atoms with van der Waals surface area (Å²) in [6.07, 6.45) is 0. The predicted molar refractivity (Wildman–Crippen MR) is 52.9 cm³/mol. The molecule has 15 heavy (non-hydrogen) atoms. The van der Waals surface area contributed by atoms with Crippen molar-refractivity contribution in [1.29, 1.82) is 0 Å². The minimum absolute atomic E-state index is 0.0178. The van der Waals surface area contributed by atoms with Crippen molar-refractivity contribution in [1.82, 2.24) is 0 Å². The van der Waals surface area contributed by atoms with E-state index in [2.05, 4.69) is 0 Å². The standard InChI is InChI=1S/C9H10N2O4/c1-5-3-6(9(10)12)8(15-2)7(4-5)11(13)14/h3-4H,1-2H3,(H2,10,12). The van der Waals surface area contributed by atoms with Crippen LogP contribution < -0.4 is 10.5 Å². The first-order valence-electron chi connectivity index (χ1n) is 4.10. The number of hydrogen-bond acceptors (Lipinski definition) is 4. The van der Waals surface area contributed by atoms with Crippen LogP contribution in [-0.4, -0.2) is 17.9 Å². The Hall–Kier alpha value is -2.11. The number of primary amides is 1. The molecule has 1 rings (SSSR count). The van der Waals surface area contributed by atoms with E-state index in [-0.39, 0.29) is 17.0 Å². The summed E-state index contributed by atoms with van der Waals surface area (Å²) in [4.78, 5) is 21.1. The first kappa shape index (κ1) is 11.0. The summed E-state index contributed by atoms with van der Waals surface area (Å²) in [6, 6.07) is 2.78. The minimum Gasteiger partial charge on any atom is -0.490 e. The number of nitrogens with two attached hydrogens (primary N) is 1. The number of benzene rings is 1. The zero-order chi connectivity index (χ0) is 11.6. The first-order chi connectivity index (χ1) is 6.97. The van der Waals surface area contributed by atoms with Gasteiger partial charge in [0.25, 0.3) is 5.91 Å². The molecule has 0 bridgehead atoms. The van der Waals surface area contributed by atoms with Crippen LogP contribution in [0.25, 0.3) is 0 Å². The Balaban J connectivity index is 3.52. The maximum Gasteiger partial charge on any atom is 0.312 e. The number of methoxy groups -OCH3 is 1. The summed E-state index contributed by atoms with van der Waals surface area (Å²) >= 11 is 0. The van der Waals surface area contributed by atoms with E-state index in [4.69, 9.17) is 10.5 Å². The number of hydrogen-bond donors (Lipinski definition) is 1. The molecule has 0 aliphatic heterocycles. The molecule has 6 heteroatoms. The van der Waals surface area contributed by atoms with Gasteiger partial charge in [0, 0.05) is 6.07 Å². The molecule has 80 valence electrons. The molecule has 2 N–H and O–H groups in total. The SMILES string of the molecule is COc1c(C(N)=O)cc(C)cc1[N+](=O)[O-]. The van der Waals surface area contributed by atoms with E-state index in [1.807, 2.05) is 0 Å². The molecule has 0 aliphatic rings. The number of ether oxygens (including phenoxy) is 1. The van der Waals surface area contributed by atoms with Crippen LogP contribution in [0.5, 0.6) is 5.75 Å². The van der Waals surface area contributed by atoms with Crippen LogP contribution in [-0.2, 0) is 0 Å². The third-order valence-corrected chi connectivity index (χ3v) is 1.88. The Morgan fingerprint density at radius 1 is 1.53 bits per heavy atom. The van der Waals surface area contributed by atoms with E-state index in [9.17, 15) is 14.9 Å². The summed E-state index contributed by atoms with van der Waals surface area (Å²) in [7, 11) is 1.25. The molecule has 0 saturated heterocycles. The molecule has 0 heterocycles. The molecule has 6 nitrogen and oxygen atoms in total. The smallest absolute Gasteiger partial charge is 0.312 e. The van der Waals surface area contributed by atoms with Gasteiger partial charge in [-0.05, 0) is 18.6 Å². The van der Waals surface area contributed by atoms with Gasteiger partial charge in [0.05, 0.1) is 17.6 Å². The van der Waals surface area contributed by atoms with E-state index < -0.39 is 10.8 Å². The van der Waals surface area contributed by atoms with Gasteiger partial charge in [-0.15, -0.1) is 0 Å². The highest BCUT2D eigenvalue weighted by Crippen LogP contribution is 2.31. The topological polar surface area (TPSA) is 95.5 Å². The first-order valence-corrected chi connectivity index (χ1v) is 4.10. The van der Waals surface area contributed by atoms with E-state index in [1.165, 1.54) is 19.2 Å². The van der Waals surface area contributed by atoms with E-state index in [0.717, 1.165) is 0 Å². The Morgan fingerprint density at radius 3 is 2.53 bits per heavy atom. The van der Waals surface area contributed by atoms with Crippen molar-refractivity contribution in [2.75, 3.05) is 7.11 Å². The van der Waals surface area contributed by atoms with E-state index >= 15 is 0 Å². The summed E-state index contributed by atoms with van der Waals surface area (Å²) in [5, 5.41) is 10.7. The third-order valence-electron chi connectivity index (χ3n) is 1.88. The number of nitrogens with zero attached hydrogens (tertiary/aromatic N) is 1. The summed E-state index contributed by atoms with van der Waals surface area (Å²) in [6.45, 7) is 1.64. The van der Waals surface area contributed by atoms with Gasteiger partial charge < -0.3 is 10.5 Å². The van der Waals surface area contributed by atoms with Gasteiger partial charge in [0.15, 0.2) is 0 Å². The second-order valence-electron chi connectivity index (χ2n) is 2.99. The fraction of sp³-hybridized carbons (Fsp3) is 0.222. The number of carbonyl (C=O) groups excluding carboxylic acids is 1. The molecule has 0 aliphatic carbocycles. The van der Waals surface area contributed by atoms with Crippen LogP contribution in [0, 0.1) is 17.0 Å². The number of aryl methyl sites for hydroxylation is 1. The second kappa shape index (κ2) is 3.95. The zero-order valence-electron chi connectivity index (χ0n) is 8.31. The molecule has 0 aromatic heterocycles. The molecule has 1 aromatic carbocycles. The Labute approximate surface area is 85.8 Å². The summed E-state index contributed by atoms with van der Waals surface area (Å²) in [5.74, 6) is -0.850. The lowest BCUT2D eigenvalue weighted by atomic mass is 10.1. The van der Waals surface area contributed by atoms with Gasteiger partial charge in [-0.3, -0.25) is 14.9 Å². The highest BCUT2D eigenvalue weighted by atomic mass is 16.6. The Kier molecular flexibility index (Phi) is 2.89. The van der Waals surface area contributed by atoms with Crippen LogP contribution in [0.3, 0.4) is 0 Å². The Bertz CT molecular complexity index is 393. The molecular weight excluding hydrogens is 200 g/mol. The average Bonchev–Trinajstić information content (AvgIpc) is 2.16. The van der Waals surface area contributed by atoms with Crippen molar-refractivity contribution in [2.24, 2.45) is 5.73 Å². The van der Waals surface area contributed by atoms with Gasteiger partial charge in [-0.25, -0.2) is 0 Å².